The topological polar surface area (TPSA) is 68.0 Å². The Labute approximate surface area is 106 Å². The van der Waals surface area contributed by atoms with Crippen molar-refractivity contribution >= 4 is 27.9 Å². The molecule has 0 aliphatic carbocycles. The molecule has 1 aromatic heterocycles. The van der Waals surface area contributed by atoms with Gasteiger partial charge in [-0.15, -0.1) is 5.10 Å². The highest BCUT2D eigenvalue weighted by Crippen LogP contribution is 2.21. The second kappa shape index (κ2) is 5.09. The highest BCUT2D eigenvalue weighted by Gasteiger charge is 2.09. The average Bonchev–Trinajstić information content (AvgIpc) is 2.78. The summed E-state index contributed by atoms with van der Waals surface area (Å²) in [6, 6.07) is 7.58. The van der Waals surface area contributed by atoms with Gasteiger partial charge in [-0.05, 0) is 24.3 Å². The Kier molecular flexibility index (Phi) is 3.53. The zero-order valence-corrected chi connectivity index (χ0v) is 10.7. The third-order valence-electron chi connectivity index (χ3n) is 2.08. The van der Waals surface area contributed by atoms with Crippen molar-refractivity contribution in [3.63, 3.8) is 0 Å². The second-order valence-corrected chi connectivity index (χ2v) is 4.24. The molecule has 0 bridgehead atoms. The summed E-state index contributed by atoms with van der Waals surface area (Å²) in [7, 11) is 0. The highest BCUT2D eigenvalue weighted by molar-refractivity contribution is 9.10. The van der Waals surface area contributed by atoms with Crippen LogP contribution in [0, 0.1) is 0 Å². The van der Waals surface area contributed by atoms with E-state index in [0.29, 0.717) is 12.3 Å². The minimum atomic E-state index is -0.156. The summed E-state index contributed by atoms with van der Waals surface area (Å²) in [5, 5.41) is 10.1. The predicted molar refractivity (Wildman–Crippen MR) is 66.4 cm³/mol. The van der Waals surface area contributed by atoms with Gasteiger partial charge in [-0.3, -0.25) is 10.1 Å². The van der Waals surface area contributed by atoms with Crippen molar-refractivity contribution in [1.29, 1.82) is 0 Å². The Bertz CT molecular complexity index is 522. The number of carbonyl (C=O) groups is 1. The first-order valence-corrected chi connectivity index (χ1v) is 5.87. The Hall–Kier alpha value is -1.69. The van der Waals surface area contributed by atoms with Gasteiger partial charge in [0.25, 0.3) is 0 Å². The van der Waals surface area contributed by atoms with Crippen molar-refractivity contribution in [3.05, 3.63) is 28.7 Å². The van der Waals surface area contributed by atoms with Gasteiger partial charge in [0.05, 0.1) is 0 Å². The smallest absolute Gasteiger partial charge is 0.322 e. The lowest BCUT2D eigenvalue weighted by Crippen LogP contribution is -2.09. The lowest BCUT2D eigenvalue weighted by atomic mass is 10.2. The fourth-order valence-electron chi connectivity index (χ4n) is 1.19. The quantitative estimate of drug-likeness (QED) is 0.945. The van der Waals surface area contributed by atoms with Crippen LogP contribution in [0.15, 0.2) is 33.2 Å². The first-order chi connectivity index (χ1) is 8.19. The average molecular weight is 296 g/mol. The Morgan fingerprint density at radius 1 is 1.35 bits per heavy atom. The van der Waals surface area contributed by atoms with E-state index in [9.17, 15) is 4.79 Å². The summed E-state index contributed by atoms with van der Waals surface area (Å²) in [6.45, 7) is 1.75. The van der Waals surface area contributed by atoms with Crippen LogP contribution in [0.25, 0.3) is 11.5 Å². The molecule has 0 spiro atoms. The third-order valence-corrected chi connectivity index (χ3v) is 2.61. The number of benzene rings is 1. The number of anilines is 1. The van der Waals surface area contributed by atoms with Crippen molar-refractivity contribution < 1.29 is 9.21 Å². The number of halogens is 1. The van der Waals surface area contributed by atoms with Gasteiger partial charge in [0.15, 0.2) is 0 Å². The van der Waals surface area contributed by atoms with Gasteiger partial charge in [0.2, 0.25) is 11.8 Å². The van der Waals surface area contributed by atoms with Gasteiger partial charge in [-0.1, -0.05) is 28.0 Å². The van der Waals surface area contributed by atoms with Crippen LogP contribution in [0.5, 0.6) is 0 Å². The molecule has 0 aliphatic rings. The van der Waals surface area contributed by atoms with Crippen molar-refractivity contribution in [1.82, 2.24) is 10.2 Å². The molecule has 0 saturated carbocycles. The number of carbonyl (C=O) groups excluding carboxylic acids is 1. The van der Waals surface area contributed by atoms with E-state index in [1.165, 1.54) is 0 Å². The molecule has 1 heterocycles. The van der Waals surface area contributed by atoms with Crippen molar-refractivity contribution in [2.24, 2.45) is 0 Å². The van der Waals surface area contributed by atoms with Crippen molar-refractivity contribution in [2.75, 3.05) is 5.32 Å². The maximum Gasteiger partial charge on any atom is 0.322 e. The molecule has 1 N–H and O–H groups in total. The molecule has 0 aliphatic heterocycles. The molecular weight excluding hydrogens is 286 g/mol. The summed E-state index contributed by atoms with van der Waals surface area (Å²) >= 11 is 3.34. The van der Waals surface area contributed by atoms with E-state index in [4.69, 9.17) is 4.42 Å². The fraction of sp³-hybridized carbons (Fsp3) is 0.182. The van der Waals surface area contributed by atoms with Gasteiger partial charge in [-0.2, -0.15) is 0 Å². The number of hydrogen-bond donors (Lipinski definition) is 1. The van der Waals surface area contributed by atoms with Crippen LogP contribution in [0.1, 0.15) is 13.3 Å². The van der Waals surface area contributed by atoms with Crippen LogP contribution in [-0.4, -0.2) is 16.1 Å². The standard InChI is InChI=1S/C11H10BrN3O2/c1-2-9(16)13-11-15-14-10(17-11)7-3-5-8(12)6-4-7/h3-6H,2H2,1H3,(H,13,15,16). The molecule has 2 rings (SSSR count). The summed E-state index contributed by atoms with van der Waals surface area (Å²) < 4.78 is 6.29. The van der Waals surface area contributed by atoms with Crippen LogP contribution in [-0.2, 0) is 4.79 Å². The zero-order valence-electron chi connectivity index (χ0n) is 9.11. The molecule has 1 amide bonds. The highest BCUT2D eigenvalue weighted by atomic mass is 79.9. The lowest BCUT2D eigenvalue weighted by Gasteiger charge is -1.96. The van der Waals surface area contributed by atoms with Crippen LogP contribution >= 0.6 is 15.9 Å². The lowest BCUT2D eigenvalue weighted by molar-refractivity contribution is -0.116. The van der Waals surface area contributed by atoms with E-state index in [-0.39, 0.29) is 11.9 Å². The number of amides is 1. The van der Waals surface area contributed by atoms with Gasteiger partial charge >= 0.3 is 6.01 Å². The molecule has 0 radical (unpaired) electrons. The number of hydrogen-bond acceptors (Lipinski definition) is 4. The second-order valence-electron chi connectivity index (χ2n) is 3.32. The van der Waals surface area contributed by atoms with Gasteiger partial charge in [-0.25, -0.2) is 0 Å². The molecule has 0 unspecified atom stereocenters. The molecule has 0 atom stereocenters. The molecular formula is C11H10BrN3O2. The number of rotatable bonds is 3. The van der Waals surface area contributed by atoms with E-state index < -0.39 is 0 Å². The monoisotopic (exact) mass is 295 g/mol. The number of aromatic nitrogens is 2. The first-order valence-electron chi connectivity index (χ1n) is 5.08. The van der Waals surface area contributed by atoms with E-state index in [0.717, 1.165) is 10.0 Å². The Morgan fingerprint density at radius 2 is 2.06 bits per heavy atom. The van der Waals surface area contributed by atoms with Crippen molar-refractivity contribution in [2.45, 2.75) is 13.3 Å². The van der Waals surface area contributed by atoms with E-state index in [2.05, 4.69) is 31.4 Å². The largest absolute Gasteiger partial charge is 0.403 e. The maximum atomic E-state index is 11.1. The molecule has 5 nitrogen and oxygen atoms in total. The Balaban J connectivity index is 2.18. The summed E-state index contributed by atoms with van der Waals surface area (Å²) in [4.78, 5) is 11.1. The molecule has 0 fully saturated rings. The molecule has 1 aromatic carbocycles. The summed E-state index contributed by atoms with van der Waals surface area (Å²) in [6.07, 6.45) is 0.371. The normalized spacial score (nSPS) is 10.2. The predicted octanol–water partition coefficient (Wildman–Crippen LogP) is 2.85. The molecule has 6 heteroatoms. The molecule has 0 saturated heterocycles. The van der Waals surface area contributed by atoms with E-state index in [1.54, 1.807) is 6.92 Å². The Morgan fingerprint density at radius 3 is 2.71 bits per heavy atom. The van der Waals surface area contributed by atoms with E-state index >= 15 is 0 Å². The van der Waals surface area contributed by atoms with Crippen LogP contribution in [0.2, 0.25) is 0 Å². The van der Waals surface area contributed by atoms with Gasteiger partial charge < -0.3 is 4.42 Å². The maximum absolute atomic E-state index is 11.1. The fourth-order valence-corrected chi connectivity index (χ4v) is 1.45. The molecule has 88 valence electrons. The zero-order chi connectivity index (χ0) is 12.3. The first kappa shape index (κ1) is 11.8. The summed E-state index contributed by atoms with van der Waals surface area (Å²) in [5.74, 6) is 0.222. The minimum Gasteiger partial charge on any atom is -0.403 e. The van der Waals surface area contributed by atoms with Crippen LogP contribution < -0.4 is 5.32 Å². The number of nitrogens with one attached hydrogen (secondary N) is 1. The van der Waals surface area contributed by atoms with Crippen molar-refractivity contribution in [3.8, 4) is 11.5 Å². The SMILES string of the molecule is CCC(=O)Nc1nnc(-c2ccc(Br)cc2)o1. The summed E-state index contributed by atoms with van der Waals surface area (Å²) in [5.41, 5.74) is 0.803. The van der Waals surface area contributed by atoms with Gasteiger partial charge in [0, 0.05) is 16.5 Å². The minimum absolute atomic E-state index is 0.120. The van der Waals surface area contributed by atoms with Gasteiger partial charge in [0.1, 0.15) is 0 Å². The van der Waals surface area contributed by atoms with E-state index in [1.807, 2.05) is 24.3 Å². The van der Waals surface area contributed by atoms with Crippen LogP contribution in [0.4, 0.5) is 6.01 Å². The molecule has 2 aromatic rings. The van der Waals surface area contributed by atoms with Crippen LogP contribution in [0.3, 0.4) is 0 Å². The third kappa shape index (κ3) is 2.91. The number of nitrogens with zero attached hydrogens (tertiary/aromatic N) is 2. The molecule has 17 heavy (non-hydrogen) atoms.